The van der Waals surface area contributed by atoms with Crippen molar-refractivity contribution in [1.29, 1.82) is 0 Å². The van der Waals surface area contributed by atoms with Crippen molar-refractivity contribution in [3.63, 3.8) is 0 Å². The number of hydrogen-bond acceptors (Lipinski definition) is 3. The molecule has 1 amide bonds. The summed E-state index contributed by atoms with van der Waals surface area (Å²) in [5.41, 5.74) is 2.76. The molecule has 1 aliphatic heterocycles. The van der Waals surface area contributed by atoms with Crippen molar-refractivity contribution >= 4 is 24.1 Å². The van der Waals surface area contributed by atoms with Gasteiger partial charge in [-0.15, -0.1) is 12.4 Å². The van der Waals surface area contributed by atoms with E-state index in [4.69, 9.17) is 0 Å². The van der Waals surface area contributed by atoms with Gasteiger partial charge in [-0.25, -0.2) is 0 Å². The van der Waals surface area contributed by atoms with Gasteiger partial charge in [0.2, 0.25) is 0 Å². The van der Waals surface area contributed by atoms with Gasteiger partial charge in [-0.05, 0) is 39.3 Å². The number of Topliss-reactive ketones (excluding diaryl/α,β-unsaturated/α-hetero) is 1. The first-order chi connectivity index (χ1) is 9.02. The Balaban J connectivity index is 0.00000200. The normalized spacial score (nSPS) is 15.4. The van der Waals surface area contributed by atoms with Crippen LogP contribution in [0.2, 0.25) is 0 Å². The molecule has 2 rings (SSSR count). The average Bonchev–Trinajstić information content (AvgIpc) is 2.57. The van der Waals surface area contributed by atoms with Crippen LogP contribution >= 0.6 is 12.4 Å². The van der Waals surface area contributed by atoms with E-state index in [9.17, 15) is 9.59 Å². The maximum atomic E-state index is 12.5. The number of aryl methyl sites for hydroxylation is 1. The molecule has 1 fully saturated rings. The van der Waals surface area contributed by atoms with Gasteiger partial charge < -0.3 is 15.2 Å². The van der Waals surface area contributed by atoms with E-state index in [1.807, 2.05) is 18.7 Å². The second kappa shape index (κ2) is 6.90. The van der Waals surface area contributed by atoms with Crippen molar-refractivity contribution in [2.45, 2.75) is 27.2 Å². The molecule has 2 N–H and O–H groups in total. The zero-order valence-corrected chi connectivity index (χ0v) is 13.0. The van der Waals surface area contributed by atoms with Gasteiger partial charge in [0.1, 0.15) is 5.69 Å². The highest BCUT2D eigenvalue weighted by Crippen LogP contribution is 2.20. The van der Waals surface area contributed by atoms with Crippen LogP contribution in [0.3, 0.4) is 0 Å². The minimum atomic E-state index is -0.00296. The van der Waals surface area contributed by atoms with E-state index in [0.29, 0.717) is 17.8 Å². The number of nitrogens with one attached hydrogen (secondary N) is 2. The van der Waals surface area contributed by atoms with Crippen molar-refractivity contribution in [1.82, 2.24) is 15.2 Å². The zero-order chi connectivity index (χ0) is 14.0. The molecule has 0 radical (unpaired) electrons. The topological polar surface area (TPSA) is 65.2 Å². The van der Waals surface area contributed by atoms with E-state index in [1.165, 1.54) is 6.92 Å². The summed E-state index contributed by atoms with van der Waals surface area (Å²) in [4.78, 5) is 29.0. The number of carbonyl (C=O) groups is 2. The number of hydrogen-bond donors (Lipinski definition) is 2. The van der Waals surface area contributed by atoms with Crippen LogP contribution in [-0.4, -0.2) is 47.8 Å². The van der Waals surface area contributed by atoms with Crippen molar-refractivity contribution in [3.05, 3.63) is 22.5 Å². The van der Waals surface area contributed by atoms with E-state index >= 15 is 0 Å². The molecule has 5 nitrogen and oxygen atoms in total. The number of nitrogens with zero attached hydrogens (tertiary/aromatic N) is 1. The fraction of sp³-hybridized carbons (Fsp3) is 0.571. The minimum Gasteiger partial charge on any atom is -0.354 e. The zero-order valence-electron chi connectivity index (χ0n) is 12.2. The Labute approximate surface area is 125 Å². The van der Waals surface area contributed by atoms with Gasteiger partial charge in [0.25, 0.3) is 5.91 Å². The smallest absolute Gasteiger partial charge is 0.270 e. The number of aromatic nitrogens is 1. The highest BCUT2D eigenvalue weighted by atomic mass is 35.5. The first-order valence-corrected chi connectivity index (χ1v) is 6.72. The third kappa shape index (κ3) is 3.22. The van der Waals surface area contributed by atoms with Gasteiger partial charge in [0.15, 0.2) is 5.78 Å². The number of halogens is 1. The van der Waals surface area contributed by atoms with E-state index < -0.39 is 0 Å². The Morgan fingerprint density at radius 3 is 2.45 bits per heavy atom. The molecule has 20 heavy (non-hydrogen) atoms. The molecule has 0 saturated carbocycles. The Morgan fingerprint density at radius 2 is 1.85 bits per heavy atom. The SMILES string of the molecule is CC(=O)c1c(C)[nH]c(C(=O)N2CCCNCC2)c1C.Cl. The number of rotatable bonds is 2. The summed E-state index contributed by atoms with van der Waals surface area (Å²) >= 11 is 0. The third-order valence-corrected chi connectivity index (χ3v) is 3.63. The fourth-order valence-electron chi connectivity index (χ4n) is 2.70. The minimum absolute atomic E-state index is 0. The maximum absolute atomic E-state index is 12.5. The van der Waals surface area contributed by atoms with Crippen LogP contribution in [-0.2, 0) is 0 Å². The predicted octanol–water partition coefficient (Wildman–Crippen LogP) is 1.69. The molecule has 0 atom stereocenters. The molecule has 1 saturated heterocycles. The van der Waals surface area contributed by atoms with Crippen molar-refractivity contribution in [3.8, 4) is 0 Å². The summed E-state index contributed by atoms with van der Waals surface area (Å²) in [6, 6.07) is 0. The first kappa shape index (κ1) is 16.7. The summed E-state index contributed by atoms with van der Waals surface area (Å²) in [5.74, 6) is -0.000340. The summed E-state index contributed by atoms with van der Waals surface area (Å²) < 4.78 is 0. The highest BCUT2D eigenvalue weighted by molar-refractivity contribution is 6.02. The number of carbonyl (C=O) groups excluding carboxylic acids is 2. The lowest BCUT2D eigenvalue weighted by atomic mass is 10.1. The highest BCUT2D eigenvalue weighted by Gasteiger charge is 2.24. The summed E-state index contributed by atoms with van der Waals surface area (Å²) in [6.45, 7) is 8.46. The second-order valence-electron chi connectivity index (χ2n) is 5.08. The molecule has 6 heteroatoms. The standard InChI is InChI=1S/C14H21N3O2.ClH/c1-9-12(11(3)18)10(2)16-13(9)14(19)17-7-4-5-15-6-8-17;/h15-16H,4-8H2,1-3H3;1H. The fourth-order valence-corrected chi connectivity index (χ4v) is 2.70. The molecule has 0 bridgehead atoms. The Morgan fingerprint density at radius 1 is 1.15 bits per heavy atom. The van der Waals surface area contributed by atoms with E-state index in [-0.39, 0.29) is 24.1 Å². The van der Waals surface area contributed by atoms with Crippen LogP contribution < -0.4 is 5.32 Å². The quantitative estimate of drug-likeness (QED) is 0.817. The molecular weight excluding hydrogens is 278 g/mol. The van der Waals surface area contributed by atoms with Crippen molar-refractivity contribution in [2.75, 3.05) is 26.2 Å². The Bertz CT molecular complexity index is 503. The maximum Gasteiger partial charge on any atom is 0.270 e. The lowest BCUT2D eigenvalue weighted by molar-refractivity contribution is 0.0760. The Kier molecular flexibility index (Phi) is 5.77. The van der Waals surface area contributed by atoms with Gasteiger partial charge in [-0.1, -0.05) is 0 Å². The summed E-state index contributed by atoms with van der Waals surface area (Å²) in [7, 11) is 0. The average molecular weight is 300 g/mol. The molecule has 1 aliphatic rings. The van der Waals surface area contributed by atoms with Crippen molar-refractivity contribution in [2.24, 2.45) is 0 Å². The van der Waals surface area contributed by atoms with E-state index in [0.717, 1.165) is 37.3 Å². The predicted molar refractivity (Wildman–Crippen MR) is 80.9 cm³/mol. The van der Waals surface area contributed by atoms with Crippen LogP contribution in [0.15, 0.2) is 0 Å². The van der Waals surface area contributed by atoms with Gasteiger partial charge in [-0.3, -0.25) is 9.59 Å². The molecule has 0 aromatic carbocycles. The molecule has 0 spiro atoms. The van der Waals surface area contributed by atoms with Gasteiger partial charge in [-0.2, -0.15) is 0 Å². The van der Waals surface area contributed by atoms with Crippen LogP contribution in [0.5, 0.6) is 0 Å². The van der Waals surface area contributed by atoms with Crippen LogP contribution in [0.25, 0.3) is 0 Å². The lowest BCUT2D eigenvalue weighted by Gasteiger charge is -2.19. The van der Waals surface area contributed by atoms with Crippen molar-refractivity contribution < 1.29 is 9.59 Å². The number of aromatic amines is 1. The van der Waals surface area contributed by atoms with E-state index in [1.54, 1.807) is 0 Å². The summed E-state index contributed by atoms with van der Waals surface area (Å²) in [6.07, 6.45) is 0.962. The van der Waals surface area contributed by atoms with Crippen LogP contribution in [0, 0.1) is 13.8 Å². The number of amides is 1. The number of H-pyrrole nitrogens is 1. The van der Waals surface area contributed by atoms with Crippen LogP contribution in [0.4, 0.5) is 0 Å². The monoisotopic (exact) mass is 299 g/mol. The van der Waals surface area contributed by atoms with Gasteiger partial charge >= 0.3 is 0 Å². The van der Waals surface area contributed by atoms with Gasteiger partial charge in [0.05, 0.1) is 0 Å². The molecule has 2 heterocycles. The molecular formula is C14H22ClN3O2. The molecule has 1 aromatic heterocycles. The summed E-state index contributed by atoms with van der Waals surface area (Å²) in [5, 5.41) is 3.27. The molecule has 0 unspecified atom stereocenters. The largest absolute Gasteiger partial charge is 0.354 e. The Hall–Kier alpha value is -1.33. The second-order valence-corrected chi connectivity index (χ2v) is 5.08. The van der Waals surface area contributed by atoms with E-state index in [2.05, 4.69) is 10.3 Å². The first-order valence-electron chi connectivity index (χ1n) is 6.72. The van der Waals surface area contributed by atoms with Crippen LogP contribution in [0.1, 0.15) is 45.4 Å². The molecule has 112 valence electrons. The van der Waals surface area contributed by atoms with Gasteiger partial charge in [0, 0.05) is 30.9 Å². The molecule has 0 aliphatic carbocycles. The third-order valence-electron chi connectivity index (χ3n) is 3.63. The number of ketones is 1. The molecule has 1 aromatic rings. The lowest BCUT2D eigenvalue weighted by Crippen LogP contribution is -2.34.